The van der Waals surface area contributed by atoms with E-state index in [4.69, 9.17) is 9.47 Å². The van der Waals surface area contributed by atoms with E-state index in [9.17, 15) is 4.79 Å². The lowest BCUT2D eigenvalue weighted by Crippen LogP contribution is -2.18. The van der Waals surface area contributed by atoms with E-state index in [0.717, 1.165) is 12.2 Å². The van der Waals surface area contributed by atoms with Crippen LogP contribution in [0.25, 0.3) is 0 Å². The first-order chi connectivity index (χ1) is 12.0. The van der Waals surface area contributed by atoms with Gasteiger partial charge in [-0.1, -0.05) is 13.8 Å². The van der Waals surface area contributed by atoms with Gasteiger partial charge in [-0.25, -0.2) is 9.97 Å². The number of ether oxygens (including phenoxy) is 2. The van der Waals surface area contributed by atoms with Gasteiger partial charge in [0.05, 0.1) is 0 Å². The van der Waals surface area contributed by atoms with Crippen LogP contribution in [0, 0.1) is 12.8 Å². The molecule has 7 heteroatoms. The van der Waals surface area contributed by atoms with Crippen LogP contribution in [0.1, 0.15) is 30.0 Å². The van der Waals surface area contributed by atoms with Crippen LogP contribution in [-0.4, -0.2) is 35.6 Å². The Morgan fingerprint density at radius 3 is 2.68 bits per heavy atom. The molecule has 0 saturated carbocycles. The summed E-state index contributed by atoms with van der Waals surface area (Å²) in [6.07, 6.45) is 0. The van der Waals surface area contributed by atoms with Crippen LogP contribution in [0.2, 0.25) is 0 Å². The highest BCUT2D eigenvalue weighted by Crippen LogP contribution is 2.32. The molecule has 1 amide bonds. The molecular formula is C18H22N4O3. The fourth-order valence-electron chi connectivity index (χ4n) is 2.38. The molecule has 1 aliphatic rings. The van der Waals surface area contributed by atoms with E-state index in [0.29, 0.717) is 48.0 Å². The zero-order chi connectivity index (χ0) is 17.8. The van der Waals surface area contributed by atoms with Crippen molar-refractivity contribution in [3.05, 3.63) is 35.7 Å². The number of rotatable bonds is 5. The van der Waals surface area contributed by atoms with Gasteiger partial charge in [-0.05, 0) is 31.0 Å². The first kappa shape index (κ1) is 17.0. The van der Waals surface area contributed by atoms with Crippen molar-refractivity contribution in [2.45, 2.75) is 20.8 Å². The lowest BCUT2D eigenvalue weighted by Gasteiger charge is -2.19. The van der Waals surface area contributed by atoms with Crippen LogP contribution in [0.3, 0.4) is 0 Å². The van der Waals surface area contributed by atoms with Crippen LogP contribution in [0.15, 0.2) is 24.3 Å². The molecule has 132 valence electrons. The molecule has 1 aromatic heterocycles. The molecule has 2 heterocycles. The number of nitrogens with zero attached hydrogens (tertiary/aromatic N) is 2. The van der Waals surface area contributed by atoms with Crippen molar-refractivity contribution in [1.82, 2.24) is 9.97 Å². The summed E-state index contributed by atoms with van der Waals surface area (Å²) in [6.45, 7) is 7.80. The summed E-state index contributed by atoms with van der Waals surface area (Å²) >= 11 is 0. The van der Waals surface area contributed by atoms with Crippen LogP contribution < -0.4 is 20.1 Å². The number of fused-ring (bicyclic) bond motifs is 1. The normalized spacial score (nSPS) is 12.8. The third-order valence-corrected chi connectivity index (χ3v) is 3.56. The van der Waals surface area contributed by atoms with Gasteiger partial charge < -0.3 is 20.1 Å². The summed E-state index contributed by atoms with van der Waals surface area (Å²) in [5.74, 6) is 1.93. The molecule has 0 radical (unpaired) electrons. The second-order valence-electron chi connectivity index (χ2n) is 6.31. The average molecular weight is 342 g/mol. The Kier molecular flexibility index (Phi) is 5.02. The van der Waals surface area contributed by atoms with E-state index in [1.807, 2.05) is 6.92 Å². The highest BCUT2D eigenvalue weighted by Gasteiger charge is 2.15. The largest absolute Gasteiger partial charge is 0.486 e. The number of carbonyl (C=O) groups excluding carboxylic acids is 1. The molecule has 7 nitrogen and oxygen atoms in total. The summed E-state index contributed by atoms with van der Waals surface area (Å²) in [7, 11) is 0. The summed E-state index contributed by atoms with van der Waals surface area (Å²) in [6, 6.07) is 6.97. The molecule has 0 aliphatic carbocycles. The van der Waals surface area contributed by atoms with Gasteiger partial charge in [0.15, 0.2) is 11.5 Å². The second-order valence-corrected chi connectivity index (χ2v) is 6.31. The number of carbonyl (C=O) groups is 1. The predicted molar refractivity (Wildman–Crippen MR) is 95.5 cm³/mol. The SMILES string of the molecule is Cc1cc(C(=O)Nc2ccc3c(c2)OCCO3)nc(NCC(C)C)n1. The number of hydrogen-bond acceptors (Lipinski definition) is 6. The van der Waals surface area contributed by atoms with Gasteiger partial charge in [0, 0.05) is 24.0 Å². The molecule has 2 N–H and O–H groups in total. The number of anilines is 2. The molecule has 1 aromatic carbocycles. The minimum Gasteiger partial charge on any atom is -0.486 e. The van der Waals surface area contributed by atoms with Gasteiger partial charge in [0.2, 0.25) is 5.95 Å². The number of nitrogens with one attached hydrogen (secondary N) is 2. The number of aromatic nitrogens is 2. The Hall–Kier alpha value is -2.83. The third kappa shape index (κ3) is 4.37. The van der Waals surface area contributed by atoms with E-state index in [-0.39, 0.29) is 5.91 Å². The zero-order valence-electron chi connectivity index (χ0n) is 14.6. The number of hydrogen-bond donors (Lipinski definition) is 2. The molecule has 0 spiro atoms. The standard InChI is InChI=1S/C18H22N4O3/c1-11(2)10-19-18-20-12(3)8-14(22-18)17(23)21-13-4-5-15-16(9-13)25-7-6-24-15/h4-5,8-9,11H,6-7,10H2,1-3H3,(H,21,23)(H,19,20,22). The van der Waals surface area contributed by atoms with E-state index in [1.165, 1.54) is 0 Å². The van der Waals surface area contributed by atoms with Crippen LogP contribution in [0.4, 0.5) is 11.6 Å². The first-order valence-corrected chi connectivity index (χ1v) is 8.32. The summed E-state index contributed by atoms with van der Waals surface area (Å²) in [5, 5.41) is 5.98. The van der Waals surface area contributed by atoms with Crippen molar-refractivity contribution in [3.8, 4) is 11.5 Å². The lowest BCUT2D eigenvalue weighted by molar-refractivity contribution is 0.102. The maximum Gasteiger partial charge on any atom is 0.274 e. The summed E-state index contributed by atoms with van der Waals surface area (Å²) in [4.78, 5) is 21.1. The molecule has 0 fully saturated rings. The van der Waals surface area contributed by atoms with Gasteiger partial charge in [-0.2, -0.15) is 0 Å². The zero-order valence-corrected chi connectivity index (χ0v) is 14.6. The minimum absolute atomic E-state index is 0.297. The van der Waals surface area contributed by atoms with Gasteiger partial charge in [-0.3, -0.25) is 4.79 Å². The van der Waals surface area contributed by atoms with Crippen molar-refractivity contribution >= 4 is 17.5 Å². The van der Waals surface area contributed by atoms with Crippen LogP contribution in [-0.2, 0) is 0 Å². The lowest BCUT2D eigenvalue weighted by atomic mass is 10.2. The topological polar surface area (TPSA) is 85.4 Å². The molecule has 1 aliphatic heterocycles. The van der Waals surface area contributed by atoms with Gasteiger partial charge in [0.25, 0.3) is 5.91 Å². The van der Waals surface area contributed by atoms with Crippen molar-refractivity contribution in [2.75, 3.05) is 30.4 Å². The molecule has 0 saturated heterocycles. The number of amides is 1. The van der Waals surface area contributed by atoms with Crippen molar-refractivity contribution in [1.29, 1.82) is 0 Å². The van der Waals surface area contributed by atoms with E-state index in [2.05, 4.69) is 34.4 Å². The van der Waals surface area contributed by atoms with Crippen LogP contribution in [0.5, 0.6) is 11.5 Å². The van der Waals surface area contributed by atoms with Gasteiger partial charge >= 0.3 is 0 Å². The van der Waals surface area contributed by atoms with Crippen molar-refractivity contribution in [2.24, 2.45) is 5.92 Å². The first-order valence-electron chi connectivity index (χ1n) is 8.32. The average Bonchev–Trinajstić information content (AvgIpc) is 2.59. The number of benzene rings is 1. The van der Waals surface area contributed by atoms with E-state index in [1.54, 1.807) is 24.3 Å². The molecule has 3 rings (SSSR count). The monoisotopic (exact) mass is 342 g/mol. The molecule has 0 bridgehead atoms. The fraction of sp³-hybridized carbons (Fsp3) is 0.389. The Labute approximate surface area is 146 Å². The maximum absolute atomic E-state index is 12.5. The highest BCUT2D eigenvalue weighted by molar-refractivity contribution is 6.03. The maximum atomic E-state index is 12.5. The molecule has 2 aromatic rings. The smallest absolute Gasteiger partial charge is 0.274 e. The third-order valence-electron chi connectivity index (χ3n) is 3.56. The molecule has 25 heavy (non-hydrogen) atoms. The summed E-state index contributed by atoms with van der Waals surface area (Å²) < 4.78 is 11.0. The van der Waals surface area contributed by atoms with Crippen molar-refractivity contribution < 1.29 is 14.3 Å². The van der Waals surface area contributed by atoms with Crippen LogP contribution >= 0.6 is 0 Å². The highest BCUT2D eigenvalue weighted by atomic mass is 16.6. The predicted octanol–water partition coefficient (Wildman–Crippen LogP) is 2.88. The van der Waals surface area contributed by atoms with Gasteiger partial charge in [-0.15, -0.1) is 0 Å². The van der Waals surface area contributed by atoms with E-state index < -0.39 is 0 Å². The summed E-state index contributed by atoms with van der Waals surface area (Å²) in [5.41, 5.74) is 1.67. The number of aryl methyl sites for hydroxylation is 1. The Morgan fingerprint density at radius 2 is 1.92 bits per heavy atom. The second kappa shape index (κ2) is 7.38. The Balaban J connectivity index is 1.74. The van der Waals surface area contributed by atoms with E-state index >= 15 is 0 Å². The molecule has 0 atom stereocenters. The quantitative estimate of drug-likeness (QED) is 0.869. The minimum atomic E-state index is -0.297. The van der Waals surface area contributed by atoms with Crippen molar-refractivity contribution in [3.63, 3.8) is 0 Å². The fourth-order valence-corrected chi connectivity index (χ4v) is 2.38. The molecular weight excluding hydrogens is 320 g/mol. The Morgan fingerprint density at radius 1 is 1.16 bits per heavy atom. The molecule has 0 unspecified atom stereocenters. The van der Waals surface area contributed by atoms with Gasteiger partial charge in [0.1, 0.15) is 18.9 Å². The Bertz CT molecular complexity index is 777.